The molecule has 0 aromatic heterocycles. The molecule has 1 aliphatic heterocycles. The Morgan fingerprint density at radius 1 is 1.70 bits per heavy atom. The van der Waals surface area contributed by atoms with E-state index in [0.717, 1.165) is 13.2 Å². The first kappa shape index (κ1) is 7.54. The standard InChI is InChI=1S/C7H14N2O/c1-6(2)3-9-4-7(10)8-5-9/h6H,3-5H2,1-2H3,(H,8,10). The molecule has 1 fully saturated rings. The van der Waals surface area contributed by atoms with Crippen LogP contribution in [-0.4, -0.2) is 30.6 Å². The first-order chi connectivity index (χ1) is 4.68. The summed E-state index contributed by atoms with van der Waals surface area (Å²) >= 11 is 0. The SMILES string of the molecule is CC(C)CN1CNC(=O)C1. The Labute approximate surface area is 61.4 Å². The first-order valence-electron chi connectivity index (χ1n) is 3.67. The van der Waals surface area contributed by atoms with E-state index in [2.05, 4.69) is 24.1 Å². The van der Waals surface area contributed by atoms with Gasteiger partial charge >= 0.3 is 0 Å². The van der Waals surface area contributed by atoms with Gasteiger partial charge in [-0.1, -0.05) is 13.8 Å². The smallest absolute Gasteiger partial charge is 0.235 e. The van der Waals surface area contributed by atoms with Gasteiger partial charge in [0.1, 0.15) is 0 Å². The summed E-state index contributed by atoms with van der Waals surface area (Å²) in [7, 11) is 0. The molecule has 0 spiro atoms. The number of nitrogens with one attached hydrogen (secondary N) is 1. The van der Waals surface area contributed by atoms with Crippen molar-refractivity contribution in [1.29, 1.82) is 0 Å². The van der Waals surface area contributed by atoms with Crippen LogP contribution >= 0.6 is 0 Å². The zero-order valence-electron chi connectivity index (χ0n) is 6.55. The number of carbonyl (C=O) groups is 1. The minimum Gasteiger partial charge on any atom is -0.342 e. The molecule has 1 rings (SSSR count). The number of amides is 1. The first-order valence-corrected chi connectivity index (χ1v) is 3.67. The average molecular weight is 142 g/mol. The zero-order chi connectivity index (χ0) is 7.56. The van der Waals surface area contributed by atoms with Crippen molar-refractivity contribution < 1.29 is 4.79 Å². The van der Waals surface area contributed by atoms with Gasteiger partial charge in [-0.3, -0.25) is 9.69 Å². The Morgan fingerprint density at radius 2 is 2.40 bits per heavy atom. The van der Waals surface area contributed by atoms with Gasteiger partial charge in [0.25, 0.3) is 0 Å². The van der Waals surface area contributed by atoms with E-state index in [0.29, 0.717) is 12.5 Å². The number of carbonyl (C=O) groups excluding carboxylic acids is 1. The highest BCUT2D eigenvalue weighted by Gasteiger charge is 2.17. The molecule has 1 saturated heterocycles. The van der Waals surface area contributed by atoms with Crippen LogP contribution in [0, 0.1) is 5.92 Å². The molecule has 0 atom stereocenters. The van der Waals surface area contributed by atoms with Crippen molar-refractivity contribution >= 4 is 5.91 Å². The molecule has 1 N–H and O–H groups in total. The molecule has 0 bridgehead atoms. The topological polar surface area (TPSA) is 32.3 Å². The Balaban J connectivity index is 2.24. The predicted octanol–water partition coefficient (Wildman–Crippen LogP) is 0.0317. The van der Waals surface area contributed by atoms with Crippen LogP contribution in [0.1, 0.15) is 13.8 Å². The maximum absolute atomic E-state index is 10.7. The molecule has 1 heterocycles. The van der Waals surface area contributed by atoms with E-state index in [-0.39, 0.29) is 5.91 Å². The van der Waals surface area contributed by atoms with E-state index in [1.807, 2.05) is 0 Å². The van der Waals surface area contributed by atoms with Gasteiger partial charge in [0.2, 0.25) is 5.91 Å². The molecule has 0 aliphatic carbocycles. The van der Waals surface area contributed by atoms with Crippen LogP contribution in [-0.2, 0) is 4.79 Å². The molecule has 3 nitrogen and oxygen atoms in total. The Bertz CT molecular complexity index is 134. The summed E-state index contributed by atoms with van der Waals surface area (Å²) in [6, 6.07) is 0. The molecule has 1 amide bonds. The number of hydrogen-bond donors (Lipinski definition) is 1. The van der Waals surface area contributed by atoms with Crippen LogP contribution in [0.3, 0.4) is 0 Å². The summed E-state index contributed by atoms with van der Waals surface area (Å²) in [4.78, 5) is 12.8. The van der Waals surface area contributed by atoms with Crippen LogP contribution in [0.25, 0.3) is 0 Å². The molecular formula is C7H14N2O. The third-order valence-electron chi connectivity index (χ3n) is 1.49. The molecule has 1 aliphatic rings. The second kappa shape index (κ2) is 3.01. The lowest BCUT2D eigenvalue weighted by atomic mass is 10.2. The Kier molecular flexibility index (Phi) is 2.27. The zero-order valence-corrected chi connectivity index (χ0v) is 6.55. The summed E-state index contributed by atoms with van der Waals surface area (Å²) in [6.45, 7) is 6.64. The fourth-order valence-corrected chi connectivity index (χ4v) is 1.16. The number of nitrogens with zero attached hydrogens (tertiary/aromatic N) is 1. The van der Waals surface area contributed by atoms with Gasteiger partial charge < -0.3 is 5.32 Å². The predicted molar refractivity (Wildman–Crippen MR) is 39.4 cm³/mol. The normalized spacial score (nSPS) is 20.1. The quantitative estimate of drug-likeness (QED) is 0.590. The molecule has 58 valence electrons. The number of hydrogen-bond acceptors (Lipinski definition) is 2. The molecule has 0 aromatic rings. The van der Waals surface area contributed by atoms with Crippen molar-refractivity contribution in [2.24, 2.45) is 5.92 Å². The molecule has 0 aromatic carbocycles. The van der Waals surface area contributed by atoms with Crippen molar-refractivity contribution in [3.63, 3.8) is 0 Å². The van der Waals surface area contributed by atoms with Gasteiger partial charge in [0.15, 0.2) is 0 Å². The summed E-state index contributed by atoms with van der Waals surface area (Å²) in [5.41, 5.74) is 0. The highest BCUT2D eigenvalue weighted by atomic mass is 16.2. The van der Waals surface area contributed by atoms with Gasteiger partial charge in [0.05, 0.1) is 13.2 Å². The van der Waals surface area contributed by atoms with E-state index >= 15 is 0 Å². The second-order valence-electron chi connectivity index (χ2n) is 3.16. The van der Waals surface area contributed by atoms with Crippen molar-refractivity contribution in [2.75, 3.05) is 19.8 Å². The van der Waals surface area contributed by atoms with E-state index < -0.39 is 0 Å². The summed E-state index contributed by atoms with van der Waals surface area (Å²) in [5, 5.41) is 2.76. The van der Waals surface area contributed by atoms with Gasteiger partial charge in [-0.25, -0.2) is 0 Å². The summed E-state index contributed by atoms with van der Waals surface area (Å²) in [5.74, 6) is 0.799. The third kappa shape index (κ3) is 1.99. The largest absolute Gasteiger partial charge is 0.342 e. The van der Waals surface area contributed by atoms with Gasteiger partial charge in [-0.2, -0.15) is 0 Å². The van der Waals surface area contributed by atoms with Gasteiger partial charge in [0, 0.05) is 6.54 Å². The van der Waals surface area contributed by atoms with E-state index in [4.69, 9.17) is 0 Å². The Morgan fingerprint density at radius 3 is 2.80 bits per heavy atom. The maximum atomic E-state index is 10.7. The van der Waals surface area contributed by atoms with Gasteiger partial charge in [-0.15, -0.1) is 0 Å². The number of rotatable bonds is 2. The monoisotopic (exact) mass is 142 g/mol. The van der Waals surface area contributed by atoms with Crippen molar-refractivity contribution in [2.45, 2.75) is 13.8 Å². The third-order valence-corrected chi connectivity index (χ3v) is 1.49. The lowest BCUT2D eigenvalue weighted by molar-refractivity contribution is -0.118. The fraction of sp³-hybridized carbons (Fsp3) is 0.857. The highest BCUT2D eigenvalue weighted by molar-refractivity contribution is 5.79. The minimum absolute atomic E-state index is 0.153. The molecule has 0 unspecified atom stereocenters. The summed E-state index contributed by atoms with van der Waals surface area (Å²) in [6.07, 6.45) is 0. The summed E-state index contributed by atoms with van der Waals surface area (Å²) < 4.78 is 0. The van der Waals surface area contributed by atoms with Crippen LogP contribution in [0.15, 0.2) is 0 Å². The van der Waals surface area contributed by atoms with Crippen LogP contribution in [0.5, 0.6) is 0 Å². The molecule has 10 heavy (non-hydrogen) atoms. The second-order valence-corrected chi connectivity index (χ2v) is 3.16. The van der Waals surface area contributed by atoms with Crippen LogP contribution < -0.4 is 5.32 Å². The van der Waals surface area contributed by atoms with Crippen molar-refractivity contribution in [1.82, 2.24) is 10.2 Å². The molecule has 0 saturated carbocycles. The van der Waals surface area contributed by atoms with E-state index in [1.165, 1.54) is 0 Å². The fourth-order valence-electron chi connectivity index (χ4n) is 1.16. The molecule has 3 heteroatoms. The van der Waals surface area contributed by atoms with E-state index in [1.54, 1.807) is 0 Å². The van der Waals surface area contributed by atoms with Crippen LogP contribution in [0.2, 0.25) is 0 Å². The highest BCUT2D eigenvalue weighted by Crippen LogP contribution is 1.99. The van der Waals surface area contributed by atoms with Crippen molar-refractivity contribution in [3.05, 3.63) is 0 Å². The minimum atomic E-state index is 0.153. The van der Waals surface area contributed by atoms with Gasteiger partial charge in [-0.05, 0) is 5.92 Å². The lowest BCUT2D eigenvalue weighted by Crippen LogP contribution is -2.26. The molecular weight excluding hydrogens is 128 g/mol. The average Bonchev–Trinajstić information content (AvgIpc) is 2.13. The lowest BCUT2D eigenvalue weighted by Gasteiger charge is -2.14. The van der Waals surface area contributed by atoms with Crippen LogP contribution in [0.4, 0.5) is 0 Å². The maximum Gasteiger partial charge on any atom is 0.235 e. The Hall–Kier alpha value is -0.570. The van der Waals surface area contributed by atoms with Crippen molar-refractivity contribution in [3.8, 4) is 0 Å². The van der Waals surface area contributed by atoms with E-state index in [9.17, 15) is 4.79 Å². The molecule has 0 radical (unpaired) electrons.